The molecule has 0 atom stereocenters. The fraction of sp³-hybridized carbons (Fsp3) is 0.417. The topological polar surface area (TPSA) is 83.6 Å². The Labute approximate surface area is 178 Å². The van der Waals surface area contributed by atoms with Crippen molar-refractivity contribution in [1.82, 2.24) is 0 Å². The van der Waals surface area contributed by atoms with Crippen LogP contribution < -0.4 is 9.47 Å². The van der Waals surface area contributed by atoms with Crippen LogP contribution >= 0.6 is 0 Å². The van der Waals surface area contributed by atoms with Crippen molar-refractivity contribution in [3.8, 4) is 11.5 Å². The molecule has 30 heavy (non-hydrogen) atoms. The third-order valence-corrected chi connectivity index (χ3v) is 4.29. The number of aliphatic hydroxyl groups is 2. The number of aliphatic imine (C=N–C) groups is 2. The average molecular weight is 413 g/mol. The Morgan fingerprint density at radius 2 is 1.00 bits per heavy atom. The van der Waals surface area contributed by atoms with Gasteiger partial charge in [0.2, 0.25) is 0 Å². The first kappa shape index (κ1) is 23.6. The number of ether oxygens (including phenoxy) is 2. The maximum atomic E-state index is 8.74. The molecule has 0 aromatic heterocycles. The van der Waals surface area contributed by atoms with Gasteiger partial charge in [-0.05, 0) is 72.5 Å². The normalized spacial score (nSPS) is 11.4. The molecule has 162 valence electrons. The number of rotatable bonds is 15. The number of hydrogen-bond donors (Lipinski definition) is 2. The Hall–Kier alpha value is -2.70. The van der Waals surface area contributed by atoms with Crippen molar-refractivity contribution in [2.24, 2.45) is 9.98 Å². The predicted molar refractivity (Wildman–Crippen MR) is 121 cm³/mol. The molecule has 2 aromatic carbocycles. The summed E-state index contributed by atoms with van der Waals surface area (Å²) >= 11 is 0. The Morgan fingerprint density at radius 3 is 1.37 bits per heavy atom. The highest BCUT2D eigenvalue weighted by molar-refractivity contribution is 5.80. The molecule has 2 rings (SSSR count). The van der Waals surface area contributed by atoms with Gasteiger partial charge in [0.15, 0.2) is 0 Å². The van der Waals surface area contributed by atoms with E-state index in [0.717, 1.165) is 61.4 Å². The van der Waals surface area contributed by atoms with Crippen molar-refractivity contribution in [3.05, 3.63) is 59.7 Å². The lowest BCUT2D eigenvalue weighted by atomic mass is 10.2. The van der Waals surface area contributed by atoms with Crippen molar-refractivity contribution < 1.29 is 19.7 Å². The van der Waals surface area contributed by atoms with Gasteiger partial charge in [-0.1, -0.05) is 12.8 Å². The second kappa shape index (κ2) is 15.2. The van der Waals surface area contributed by atoms with E-state index in [2.05, 4.69) is 9.98 Å². The summed E-state index contributed by atoms with van der Waals surface area (Å²) in [5.74, 6) is 1.51. The zero-order valence-electron chi connectivity index (χ0n) is 17.4. The lowest BCUT2D eigenvalue weighted by molar-refractivity contribution is 0.201. The zero-order chi connectivity index (χ0) is 21.3. The van der Waals surface area contributed by atoms with E-state index >= 15 is 0 Å². The van der Waals surface area contributed by atoms with E-state index in [0.29, 0.717) is 13.2 Å². The molecular formula is C24H32N2O4. The molecule has 0 amide bonds. The summed E-state index contributed by atoms with van der Waals surface area (Å²) in [6, 6.07) is 15.4. The number of benzene rings is 2. The van der Waals surface area contributed by atoms with Gasteiger partial charge in [-0.2, -0.15) is 0 Å². The SMILES string of the molecule is OCCOc1ccc(C=NCCCCCCN=Cc2ccc(OCCO)cc2)cc1. The fourth-order valence-electron chi connectivity index (χ4n) is 2.73. The lowest BCUT2D eigenvalue weighted by Crippen LogP contribution is -2.01. The van der Waals surface area contributed by atoms with Crippen LogP contribution in [0.25, 0.3) is 0 Å². The molecule has 0 bridgehead atoms. The number of hydrogen-bond acceptors (Lipinski definition) is 6. The molecule has 2 aromatic rings. The Kier molecular flexibility index (Phi) is 11.9. The fourth-order valence-corrected chi connectivity index (χ4v) is 2.73. The minimum atomic E-state index is 0.0198. The van der Waals surface area contributed by atoms with E-state index in [-0.39, 0.29) is 13.2 Å². The van der Waals surface area contributed by atoms with Crippen LogP contribution in [-0.4, -0.2) is 62.2 Å². The standard InChI is InChI=1S/C24H32N2O4/c27-15-17-29-23-9-5-21(6-10-23)19-25-13-3-1-2-4-14-26-20-22-7-11-24(12-8-22)30-18-16-28/h5-12,19-20,27-28H,1-4,13-18H2. The number of unbranched alkanes of at least 4 members (excludes halogenated alkanes) is 3. The van der Waals surface area contributed by atoms with E-state index in [9.17, 15) is 0 Å². The lowest BCUT2D eigenvalue weighted by Gasteiger charge is -2.03. The van der Waals surface area contributed by atoms with Crippen molar-refractivity contribution in [2.45, 2.75) is 25.7 Å². The van der Waals surface area contributed by atoms with Crippen LogP contribution in [0.1, 0.15) is 36.8 Å². The molecule has 0 saturated heterocycles. The summed E-state index contributed by atoms with van der Waals surface area (Å²) in [6.07, 6.45) is 8.23. The van der Waals surface area contributed by atoms with Gasteiger partial charge in [0, 0.05) is 25.5 Å². The van der Waals surface area contributed by atoms with E-state index in [1.807, 2.05) is 61.0 Å². The highest BCUT2D eigenvalue weighted by atomic mass is 16.5. The zero-order valence-corrected chi connectivity index (χ0v) is 17.4. The average Bonchev–Trinajstić information content (AvgIpc) is 2.79. The minimum Gasteiger partial charge on any atom is -0.491 e. The van der Waals surface area contributed by atoms with E-state index in [1.165, 1.54) is 0 Å². The van der Waals surface area contributed by atoms with Gasteiger partial charge >= 0.3 is 0 Å². The van der Waals surface area contributed by atoms with E-state index < -0.39 is 0 Å². The Morgan fingerprint density at radius 1 is 0.600 bits per heavy atom. The molecule has 0 spiro atoms. The van der Waals surface area contributed by atoms with Gasteiger partial charge in [0.05, 0.1) is 13.2 Å². The van der Waals surface area contributed by atoms with Gasteiger partial charge in [-0.25, -0.2) is 0 Å². The predicted octanol–water partition coefficient (Wildman–Crippen LogP) is 3.53. The van der Waals surface area contributed by atoms with Gasteiger partial charge in [-0.3, -0.25) is 9.98 Å². The summed E-state index contributed by atoms with van der Waals surface area (Å²) in [6.45, 7) is 2.33. The van der Waals surface area contributed by atoms with Gasteiger partial charge in [0.25, 0.3) is 0 Å². The quantitative estimate of drug-likeness (QED) is 0.346. The molecular weight excluding hydrogens is 380 g/mol. The smallest absolute Gasteiger partial charge is 0.119 e. The first-order valence-corrected chi connectivity index (χ1v) is 10.5. The first-order chi connectivity index (χ1) is 14.8. The van der Waals surface area contributed by atoms with Crippen molar-refractivity contribution in [2.75, 3.05) is 39.5 Å². The maximum absolute atomic E-state index is 8.74. The number of aliphatic hydroxyl groups excluding tert-OH is 2. The van der Waals surface area contributed by atoms with E-state index in [1.54, 1.807) is 0 Å². The van der Waals surface area contributed by atoms with Crippen LogP contribution in [0, 0.1) is 0 Å². The molecule has 6 heteroatoms. The largest absolute Gasteiger partial charge is 0.491 e. The van der Waals surface area contributed by atoms with Crippen LogP contribution in [0.3, 0.4) is 0 Å². The molecule has 0 fully saturated rings. The summed E-state index contributed by atoms with van der Waals surface area (Å²) in [4.78, 5) is 8.95. The van der Waals surface area contributed by atoms with Crippen molar-refractivity contribution in [1.29, 1.82) is 0 Å². The van der Waals surface area contributed by atoms with Crippen molar-refractivity contribution >= 4 is 12.4 Å². The highest BCUT2D eigenvalue weighted by Crippen LogP contribution is 2.12. The minimum absolute atomic E-state index is 0.0198. The van der Waals surface area contributed by atoms with Crippen LogP contribution in [0.15, 0.2) is 58.5 Å². The van der Waals surface area contributed by atoms with Gasteiger partial charge < -0.3 is 19.7 Å². The maximum Gasteiger partial charge on any atom is 0.119 e. The van der Waals surface area contributed by atoms with E-state index in [4.69, 9.17) is 19.7 Å². The van der Waals surface area contributed by atoms with Gasteiger partial charge in [-0.15, -0.1) is 0 Å². The second-order valence-electron chi connectivity index (χ2n) is 6.77. The molecule has 0 unspecified atom stereocenters. The summed E-state index contributed by atoms with van der Waals surface area (Å²) in [5, 5.41) is 17.5. The molecule has 0 aliphatic carbocycles. The summed E-state index contributed by atoms with van der Waals surface area (Å²) in [7, 11) is 0. The van der Waals surface area contributed by atoms with Crippen molar-refractivity contribution in [3.63, 3.8) is 0 Å². The monoisotopic (exact) mass is 412 g/mol. The molecule has 0 radical (unpaired) electrons. The molecule has 0 heterocycles. The number of nitrogens with zero attached hydrogens (tertiary/aromatic N) is 2. The summed E-state index contributed by atoms with van der Waals surface area (Å²) < 4.78 is 10.7. The third kappa shape index (κ3) is 10.2. The third-order valence-electron chi connectivity index (χ3n) is 4.29. The van der Waals surface area contributed by atoms with Crippen LogP contribution in [-0.2, 0) is 0 Å². The molecule has 0 aliphatic heterocycles. The Balaban J connectivity index is 1.51. The molecule has 0 aliphatic rings. The van der Waals surface area contributed by atoms with Gasteiger partial charge in [0.1, 0.15) is 24.7 Å². The van der Waals surface area contributed by atoms with Crippen LogP contribution in [0.2, 0.25) is 0 Å². The Bertz CT molecular complexity index is 677. The van der Waals surface area contributed by atoms with Crippen LogP contribution in [0.5, 0.6) is 11.5 Å². The van der Waals surface area contributed by atoms with Crippen LogP contribution in [0.4, 0.5) is 0 Å². The first-order valence-electron chi connectivity index (χ1n) is 10.5. The molecule has 0 saturated carbocycles. The molecule has 2 N–H and O–H groups in total. The highest BCUT2D eigenvalue weighted by Gasteiger charge is 1.95. The second-order valence-corrected chi connectivity index (χ2v) is 6.77. The summed E-state index contributed by atoms with van der Waals surface area (Å²) in [5.41, 5.74) is 2.10. The molecule has 6 nitrogen and oxygen atoms in total.